The normalized spacial score (nSPS) is 17.2. The third-order valence-corrected chi connectivity index (χ3v) is 6.63. The number of nitrogen functional groups attached to an aromatic ring is 1. The average Bonchev–Trinajstić information content (AvgIpc) is 3.22. The lowest BCUT2D eigenvalue weighted by Gasteiger charge is -2.32. The van der Waals surface area contributed by atoms with Crippen LogP contribution >= 0.6 is 24.8 Å². The van der Waals surface area contributed by atoms with Crippen molar-refractivity contribution in [2.75, 3.05) is 18.4 Å². The third kappa shape index (κ3) is 5.24. The van der Waals surface area contributed by atoms with E-state index in [2.05, 4.69) is 46.6 Å². The number of halogens is 2. The molecule has 1 fully saturated rings. The van der Waals surface area contributed by atoms with Gasteiger partial charge in [-0.25, -0.2) is 0 Å². The Labute approximate surface area is 212 Å². The molecule has 0 aromatic heterocycles. The summed E-state index contributed by atoms with van der Waals surface area (Å²) in [6, 6.07) is 19.0. The molecule has 0 saturated carbocycles. The summed E-state index contributed by atoms with van der Waals surface area (Å²) in [5.74, 6) is 1.67. The molecule has 3 aromatic carbocycles. The van der Waals surface area contributed by atoms with Crippen LogP contribution in [0.15, 0.2) is 54.6 Å². The first-order valence-electron chi connectivity index (χ1n) is 11.2. The molecule has 8 heteroatoms. The van der Waals surface area contributed by atoms with Gasteiger partial charge in [0.1, 0.15) is 17.7 Å². The van der Waals surface area contributed by atoms with E-state index in [0.29, 0.717) is 5.84 Å². The summed E-state index contributed by atoms with van der Waals surface area (Å²) in [7, 11) is 0. The van der Waals surface area contributed by atoms with Gasteiger partial charge in [-0.1, -0.05) is 24.3 Å². The molecule has 0 radical (unpaired) electrons. The van der Waals surface area contributed by atoms with Crippen molar-refractivity contribution in [1.29, 1.82) is 10.8 Å². The molecular formula is C26H31Cl2N5O. The van der Waals surface area contributed by atoms with E-state index in [9.17, 15) is 0 Å². The molecule has 5 N–H and O–H groups in total. The first-order chi connectivity index (χ1) is 15.5. The Balaban J connectivity index is 0.00000162. The minimum atomic E-state index is 0. The fourth-order valence-corrected chi connectivity index (χ4v) is 4.76. The lowest BCUT2D eigenvalue weighted by molar-refractivity contribution is 0.130. The maximum absolute atomic E-state index is 7.79. The van der Waals surface area contributed by atoms with Crippen molar-refractivity contribution in [3.8, 4) is 5.75 Å². The number of hydrogen-bond acceptors (Lipinski definition) is 4. The second-order valence-corrected chi connectivity index (χ2v) is 8.84. The topological polar surface area (TPSA) is 98.2 Å². The van der Waals surface area contributed by atoms with Crippen LogP contribution in [0.2, 0.25) is 0 Å². The monoisotopic (exact) mass is 499 g/mol. The number of ether oxygens (including phenoxy) is 1. The molecule has 34 heavy (non-hydrogen) atoms. The highest BCUT2D eigenvalue weighted by molar-refractivity contribution is 5.99. The number of nitrogens with two attached hydrogens (primary N) is 1. The molecule has 2 heterocycles. The Hall–Kier alpha value is -2.96. The van der Waals surface area contributed by atoms with Crippen LogP contribution in [0.3, 0.4) is 0 Å². The first kappa shape index (κ1) is 25.7. The Morgan fingerprint density at radius 3 is 2.41 bits per heavy atom. The van der Waals surface area contributed by atoms with E-state index in [1.54, 1.807) is 0 Å². The number of anilines is 1. The Kier molecular flexibility index (Phi) is 7.95. The Bertz CT molecular complexity index is 1210. The zero-order valence-electron chi connectivity index (χ0n) is 19.1. The van der Waals surface area contributed by atoms with Gasteiger partial charge in [-0.05, 0) is 65.6 Å². The molecule has 2 aliphatic heterocycles. The average molecular weight is 500 g/mol. The van der Waals surface area contributed by atoms with E-state index in [1.807, 2.05) is 25.1 Å². The van der Waals surface area contributed by atoms with Crippen molar-refractivity contribution in [3.63, 3.8) is 0 Å². The molecule has 0 aliphatic carbocycles. The fourth-order valence-electron chi connectivity index (χ4n) is 4.76. The molecule has 180 valence electrons. The fraction of sp³-hybridized carbons (Fsp3) is 0.308. The number of likely N-dealkylation sites (tertiary alicyclic amines) is 1. The van der Waals surface area contributed by atoms with E-state index in [-0.39, 0.29) is 42.8 Å². The summed E-state index contributed by atoms with van der Waals surface area (Å²) < 4.78 is 6.29. The highest BCUT2D eigenvalue weighted by Crippen LogP contribution is 2.37. The maximum atomic E-state index is 7.79. The zero-order chi connectivity index (χ0) is 22.2. The van der Waals surface area contributed by atoms with Gasteiger partial charge in [-0.15, -0.1) is 24.8 Å². The van der Waals surface area contributed by atoms with Gasteiger partial charge in [0.25, 0.3) is 0 Å². The van der Waals surface area contributed by atoms with Crippen LogP contribution in [0, 0.1) is 10.8 Å². The number of nitrogens with one attached hydrogen (secondary N) is 3. The molecule has 1 atom stereocenters. The largest absolute Gasteiger partial charge is 0.490 e. The third-order valence-electron chi connectivity index (χ3n) is 6.63. The van der Waals surface area contributed by atoms with E-state index in [0.717, 1.165) is 60.1 Å². The van der Waals surface area contributed by atoms with Crippen molar-refractivity contribution < 1.29 is 4.74 Å². The van der Waals surface area contributed by atoms with Gasteiger partial charge in [-0.3, -0.25) is 10.8 Å². The first-order valence-corrected chi connectivity index (χ1v) is 11.2. The predicted octanol–water partition coefficient (Wildman–Crippen LogP) is 5.52. The minimum absolute atomic E-state index is 0. The quantitative estimate of drug-likeness (QED) is 0.280. The van der Waals surface area contributed by atoms with Crippen molar-refractivity contribution in [1.82, 2.24) is 4.90 Å². The van der Waals surface area contributed by atoms with Gasteiger partial charge in [0.05, 0.1) is 11.9 Å². The smallest absolute Gasteiger partial charge is 0.122 e. The lowest BCUT2D eigenvalue weighted by Crippen LogP contribution is -2.40. The molecule has 0 bridgehead atoms. The lowest BCUT2D eigenvalue weighted by atomic mass is 9.98. The number of amidine groups is 2. The number of fused-ring (bicyclic) bond motifs is 2. The van der Waals surface area contributed by atoms with Gasteiger partial charge < -0.3 is 20.7 Å². The molecule has 5 rings (SSSR count). The van der Waals surface area contributed by atoms with Gasteiger partial charge in [0.15, 0.2) is 0 Å². The molecule has 0 spiro atoms. The van der Waals surface area contributed by atoms with Crippen LogP contribution in [0.25, 0.3) is 10.8 Å². The van der Waals surface area contributed by atoms with Gasteiger partial charge >= 0.3 is 0 Å². The maximum Gasteiger partial charge on any atom is 0.122 e. The molecule has 3 aromatic rings. The van der Waals surface area contributed by atoms with Crippen LogP contribution in [0.5, 0.6) is 5.75 Å². The number of piperidine rings is 1. The number of rotatable bonds is 4. The highest BCUT2D eigenvalue weighted by atomic mass is 35.5. The number of benzene rings is 3. The van der Waals surface area contributed by atoms with Gasteiger partial charge in [-0.2, -0.15) is 0 Å². The molecular weight excluding hydrogens is 469 g/mol. The second kappa shape index (κ2) is 10.5. The van der Waals surface area contributed by atoms with E-state index in [4.69, 9.17) is 21.3 Å². The predicted molar refractivity (Wildman–Crippen MR) is 145 cm³/mol. The SMILES string of the molecule is CC(=N)N1CCC(Oc2ccc3c(c2)CC(c2ccc4ccc(C(=N)N)cc4c2)N3)CC1.Cl.Cl. The number of hydrogen-bond donors (Lipinski definition) is 4. The minimum Gasteiger partial charge on any atom is -0.490 e. The van der Waals surface area contributed by atoms with Crippen LogP contribution in [0.1, 0.15) is 42.5 Å². The van der Waals surface area contributed by atoms with Crippen LogP contribution < -0.4 is 15.8 Å². The molecule has 1 saturated heterocycles. The van der Waals surface area contributed by atoms with Crippen molar-refractivity contribution in [2.45, 2.75) is 38.3 Å². The van der Waals surface area contributed by atoms with E-state index < -0.39 is 0 Å². The van der Waals surface area contributed by atoms with Crippen molar-refractivity contribution >= 4 is 52.9 Å². The summed E-state index contributed by atoms with van der Waals surface area (Å²) in [4.78, 5) is 2.11. The summed E-state index contributed by atoms with van der Waals surface area (Å²) in [6.07, 6.45) is 3.03. The Morgan fingerprint density at radius 1 is 0.971 bits per heavy atom. The van der Waals surface area contributed by atoms with E-state index >= 15 is 0 Å². The summed E-state index contributed by atoms with van der Waals surface area (Å²) in [5, 5.41) is 21.4. The van der Waals surface area contributed by atoms with Crippen LogP contribution in [-0.4, -0.2) is 35.8 Å². The van der Waals surface area contributed by atoms with E-state index in [1.165, 1.54) is 11.1 Å². The summed E-state index contributed by atoms with van der Waals surface area (Å²) in [6.45, 7) is 3.63. The van der Waals surface area contributed by atoms with Gasteiger partial charge in [0.2, 0.25) is 0 Å². The molecule has 2 aliphatic rings. The number of nitrogens with zero attached hydrogens (tertiary/aromatic N) is 1. The van der Waals surface area contributed by atoms with Crippen LogP contribution in [0.4, 0.5) is 5.69 Å². The Morgan fingerprint density at radius 2 is 1.71 bits per heavy atom. The standard InChI is InChI=1S/C26H29N5O.2ClH/c1-16(27)31-10-8-22(9-11-31)32-23-6-7-24-21(14-23)15-25(30-24)18-4-2-17-3-5-19(26(28)29)13-20(17)12-18;;/h2-7,12-14,22,25,27,30H,8-11,15H2,1H3,(H3,28,29);2*1H. The zero-order valence-corrected chi connectivity index (χ0v) is 20.8. The van der Waals surface area contributed by atoms with Crippen LogP contribution in [-0.2, 0) is 6.42 Å². The molecule has 6 nitrogen and oxygen atoms in total. The second-order valence-electron chi connectivity index (χ2n) is 8.84. The summed E-state index contributed by atoms with van der Waals surface area (Å²) >= 11 is 0. The molecule has 0 amide bonds. The summed E-state index contributed by atoms with van der Waals surface area (Å²) in [5.41, 5.74) is 10.1. The highest BCUT2D eigenvalue weighted by Gasteiger charge is 2.24. The molecule has 1 unspecified atom stereocenters. The van der Waals surface area contributed by atoms with Gasteiger partial charge in [0, 0.05) is 37.2 Å². The van der Waals surface area contributed by atoms with Crippen molar-refractivity contribution in [2.24, 2.45) is 5.73 Å². The van der Waals surface area contributed by atoms with Crippen molar-refractivity contribution in [3.05, 3.63) is 71.3 Å².